The molecule has 2 heterocycles. The summed E-state index contributed by atoms with van der Waals surface area (Å²) in [6.45, 7) is 0. The van der Waals surface area contributed by atoms with Gasteiger partial charge < -0.3 is 0 Å². The molecule has 0 spiro atoms. The Bertz CT molecular complexity index is 1600. The standard InChI is InChI=1S/C32H21ClN4/c33-29-20-27(23-13-11-22(12-14-23)24-15-17-34-18-16-24)19-28(21-29)32-36-30(25-7-3-1-4-8-25)35-31(37-32)26-9-5-2-6-10-26/h1-21H. The van der Waals surface area contributed by atoms with Gasteiger partial charge in [-0.25, -0.2) is 15.0 Å². The van der Waals surface area contributed by atoms with Crippen LogP contribution in [0.1, 0.15) is 0 Å². The van der Waals surface area contributed by atoms with Gasteiger partial charge in [-0.3, -0.25) is 4.98 Å². The van der Waals surface area contributed by atoms with Crippen LogP contribution < -0.4 is 0 Å². The number of hydrogen-bond donors (Lipinski definition) is 0. The summed E-state index contributed by atoms with van der Waals surface area (Å²) in [7, 11) is 0. The predicted molar refractivity (Wildman–Crippen MR) is 150 cm³/mol. The molecule has 0 amide bonds. The first-order chi connectivity index (χ1) is 18.2. The molecule has 0 fully saturated rings. The van der Waals surface area contributed by atoms with Gasteiger partial charge in [-0.1, -0.05) is 96.5 Å². The highest BCUT2D eigenvalue weighted by Crippen LogP contribution is 2.32. The molecular formula is C32H21ClN4. The van der Waals surface area contributed by atoms with Crippen molar-refractivity contribution in [3.05, 3.63) is 133 Å². The number of nitrogens with zero attached hydrogens (tertiary/aromatic N) is 4. The first kappa shape index (κ1) is 22.8. The lowest BCUT2D eigenvalue weighted by atomic mass is 9.99. The minimum Gasteiger partial charge on any atom is -0.265 e. The minimum atomic E-state index is 0.574. The molecule has 0 saturated carbocycles. The molecule has 0 atom stereocenters. The van der Waals surface area contributed by atoms with Crippen molar-refractivity contribution in [3.63, 3.8) is 0 Å². The van der Waals surface area contributed by atoms with Gasteiger partial charge >= 0.3 is 0 Å². The van der Waals surface area contributed by atoms with Gasteiger partial charge in [0.25, 0.3) is 0 Å². The Morgan fingerprint density at radius 3 is 1.35 bits per heavy atom. The zero-order valence-electron chi connectivity index (χ0n) is 19.8. The predicted octanol–water partition coefficient (Wildman–Crippen LogP) is 8.26. The lowest BCUT2D eigenvalue weighted by molar-refractivity contribution is 1.07. The van der Waals surface area contributed by atoms with Crippen molar-refractivity contribution in [2.75, 3.05) is 0 Å². The molecular weight excluding hydrogens is 476 g/mol. The van der Waals surface area contributed by atoms with Crippen LogP contribution in [0.3, 0.4) is 0 Å². The second kappa shape index (κ2) is 10.1. The van der Waals surface area contributed by atoms with Gasteiger partial charge in [0.05, 0.1) is 0 Å². The molecule has 0 saturated heterocycles. The summed E-state index contributed by atoms with van der Waals surface area (Å²) < 4.78 is 0. The van der Waals surface area contributed by atoms with E-state index in [1.165, 1.54) is 0 Å². The summed E-state index contributed by atoms with van der Waals surface area (Å²) in [5, 5.41) is 0.619. The average molecular weight is 497 g/mol. The van der Waals surface area contributed by atoms with Crippen LogP contribution in [-0.2, 0) is 0 Å². The van der Waals surface area contributed by atoms with Crippen molar-refractivity contribution in [2.24, 2.45) is 0 Å². The van der Waals surface area contributed by atoms with Crippen molar-refractivity contribution in [3.8, 4) is 56.4 Å². The fraction of sp³-hybridized carbons (Fsp3) is 0. The Kier molecular flexibility index (Phi) is 6.24. The Balaban J connectivity index is 1.44. The van der Waals surface area contributed by atoms with Gasteiger partial charge in [0.15, 0.2) is 17.5 Å². The van der Waals surface area contributed by atoms with Crippen LogP contribution >= 0.6 is 11.6 Å². The largest absolute Gasteiger partial charge is 0.265 e. The summed E-state index contributed by atoms with van der Waals surface area (Å²) in [5.74, 6) is 1.81. The number of hydrogen-bond acceptors (Lipinski definition) is 4. The van der Waals surface area contributed by atoms with Crippen molar-refractivity contribution in [1.29, 1.82) is 0 Å². The first-order valence-corrected chi connectivity index (χ1v) is 12.3. The highest BCUT2D eigenvalue weighted by Gasteiger charge is 2.14. The van der Waals surface area contributed by atoms with Crippen LogP contribution in [0.4, 0.5) is 0 Å². The van der Waals surface area contributed by atoms with Crippen LogP contribution in [-0.4, -0.2) is 19.9 Å². The van der Waals surface area contributed by atoms with E-state index in [-0.39, 0.29) is 0 Å². The Morgan fingerprint density at radius 2 is 0.811 bits per heavy atom. The normalized spacial score (nSPS) is 10.8. The number of halogens is 1. The van der Waals surface area contributed by atoms with Crippen LogP contribution in [0.15, 0.2) is 128 Å². The molecule has 5 heteroatoms. The molecule has 0 unspecified atom stereocenters. The summed E-state index contributed by atoms with van der Waals surface area (Å²) in [6.07, 6.45) is 3.60. The highest BCUT2D eigenvalue weighted by atomic mass is 35.5. The SMILES string of the molecule is Clc1cc(-c2ccc(-c3ccncc3)cc2)cc(-c2nc(-c3ccccc3)nc(-c3ccccc3)n2)c1. The summed E-state index contributed by atoms with van der Waals surface area (Å²) in [6, 6.07) is 38.2. The topological polar surface area (TPSA) is 51.6 Å². The minimum absolute atomic E-state index is 0.574. The molecule has 0 bridgehead atoms. The van der Waals surface area contributed by atoms with E-state index in [0.29, 0.717) is 22.5 Å². The van der Waals surface area contributed by atoms with E-state index < -0.39 is 0 Å². The van der Waals surface area contributed by atoms with Gasteiger partial charge in [0.2, 0.25) is 0 Å². The van der Waals surface area contributed by atoms with Gasteiger partial charge in [0.1, 0.15) is 0 Å². The molecule has 37 heavy (non-hydrogen) atoms. The second-order valence-electron chi connectivity index (χ2n) is 8.58. The molecule has 6 aromatic rings. The van der Waals surface area contributed by atoms with Crippen LogP contribution in [0.5, 0.6) is 0 Å². The summed E-state index contributed by atoms with van der Waals surface area (Å²) in [4.78, 5) is 18.6. The third-order valence-corrected chi connectivity index (χ3v) is 6.31. The average Bonchev–Trinajstić information content (AvgIpc) is 2.98. The molecule has 4 nitrogen and oxygen atoms in total. The number of pyridine rings is 1. The molecule has 0 radical (unpaired) electrons. The number of aromatic nitrogens is 4. The number of benzene rings is 4. The molecule has 0 aliphatic carbocycles. The molecule has 2 aromatic heterocycles. The maximum absolute atomic E-state index is 6.61. The monoisotopic (exact) mass is 496 g/mol. The molecule has 4 aromatic carbocycles. The molecule has 6 rings (SSSR count). The highest BCUT2D eigenvalue weighted by molar-refractivity contribution is 6.31. The molecule has 0 N–H and O–H groups in total. The quantitative estimate of drug-likeness (QED) is 0.241. The third-order valence-electron chi connectivity index (χ3n) is 6.09. The van der Waals surface area contributed by atoms with Crippen LogP contribution in [0, 0.1) is 0 Å². The van der Waals surface area contributed by atoms with E-state index in [4.69, 9.17) is 26.6 Å². The maximum Gasteiger partial charge on any atom is 0.164 e. The van der Waals surface area contributed by atoms with Gasteiger partial charge in [-0.05, 0) is 52.6 Å². The van der Waals surface area contributed by atoms with Crippen molar-refractivity contribution in [1.82, 2.24) is 19.9 Å². The van der Waals surface area contributed by atoms with Gasteiger partial charge in [-0.2, -0.15) is 0 Å². The summed E-state index contributed by atoms with van der Waals surface area (Å²) >= 11 is 6.61. The van der Waals surface area contributed by atoms with E-state index in [9.17, 15) is 0 Å². The van der Waals surface area contributed by atoms with E-state index >= 15 is 0 Å². The third kappa shape index (κ3) is 5.01. The van der Waals surface area contributed by atoms with Crippen molar-refractivity contribution >= 4 is 11.6 Å². The summed E-state index contributed by atoms with van der Waals surface area (Å²) in [5.41, 5.74) is 6.99. The lowest BCUT2D eigenvalue weighted by Gasteiger charge is -2.11. The van der Waals surface area contributed by atoms with E-state index in [2.05, 4.69) is 35.3 Å². The fourth-order valence-corrected chi connectivity index (χ4v) is 4.46. The zero-order chi connectivity index (χ0) is 25.0. The van der Waals surface area contributed by atoms with E-state index in [0.717, 1.165) is 38.9 Å². The van der Waals surface area contributed by atoms with Crippen LogP contribution in [0.25, 0.3) is 56.4 Å². The molecule has 0 aliphatic rings. The van der Waals surface area contributed by atoms with Gasteiger partial charge in [-0.15, -0.1) is 0 Å². The Hall–Kier alpha value is -4.67. The van der Waals surface area contributed by atoms with Crippen LogP contribution in [0.2, 0.25) is 5.02 Å². The molecule has 176 valence electrons. The van der Waals surface area contributed by atoms with Gasteiger partial charge in [0, 0.05) is 34.1 Å². The van der Waals surface area contributed by atoms with Crippen molar-refractivity contribution in [2.45, 2.75) is 0 Å². The Morgan fingerprint density at radius 1 is 0.378 bits per heavy atom. The maximum atomic E-state index is 6.61. The Labute approximate surface area is 220 Å². The number of rotatable bonds is 5. The van der Waals surface area contributed by atoms with E-state index in [1.807, 2.05) is 84.9 Å². The zero-order valence-corrected chi connectivity index (χ0v) is 20.5. The lowest BCUT2D eigenvalue weighted by Crippen LogP contribution is -2.00. The second-order valence-corrected chi connectivity index (χ2v) is 9.02. The molecule has 0 aliphatic heterocycles. The first-order valence-electron chi connectivity index (χ1n) is 11.9. The fourth-order valence-electron chi connectivity index (χ4n) is 4.22. The van der Waals surface area contributed by atoms with E-state index in [1.54, 1.807) is 12.4 Å². The van der Waals surface area contributed by atoms with Crippen molar-refractivity contribution < 1.29 is 0 Å². The smallest absolute Gasteiger partial charge is 0.164 e.